The monoisotopic (exact) mass is 397 g/mol. The second-order valence-electron chi connectivity index (χ2n) is 6.01. The standard InChI is InChI=1S/C18H18F3N3O2S/c1-4-13(10-5-7-11(26-3)8-6-10)22-16(25)14-9-12-15(18(19,20)21)23-24(2)17(12)27-14/h5-9,13H,4H2,1-3H3,(H,22,25). The number of nitrogens with zero attached hydrogens (tertiary/aromatic N) is 2. The summed E-state index contributed by atoms with van der Waals surface area (Å²) in [5, 5.41) is 6.35. The number of amides is 1. The third-order valence-corrected chi connectivity index (χ3v) is 5.44. The summed E-state index contributed by atoms with van der Waals surface area (Å²) in [7, 11) is 3.00. The summed E-state index contributed by atoms with van der Waals surface area (Å²) < 4.78 is 45.6. The molecule has 0 saturated carbocycles. The van der Waals surface area contributed by atoms with Crippen molar-refractivity contribution in [3.8, 4) is 5.75 Å². The van der Waals surface area contributed by atoms with Gasteiger partial charge in [-0.1, -0.05) is 19.1 Å². The van der Waals surface area contributed by atoms with Gasteiger partial charge in [-0.2, -0.15) is 18.3 Å². The quantitative estimate of drug-likeness (QED) is 0.688. The van der Waals surface area contributed by atoms with E-state index in [0.717, 1.165) is 21.6 Å². The Morgan fingerprint density at radius 1 is 1.33 bits per heavy atom. The second kappa shape index (κ2) is 7.22. The van der Waals surface area contributed by atoms with Crippen molar-refractivity contribution in [2.75, 3.05) is 7.11 Å². The van der Waals surface area contributed by atoms with E-state index in [1.54, 1.807) is 19.2 Å². The topological polar surface area (TPSA) is 56.2 Å². The maximum atomic E-state index is 13.1. The summed E-state index contributed by atoms with van der Waals surface area (Å²) in [6.07, 6.45) is -3.93. The molecule has 3 rings (SSSR count). The van der Waals surface area contributed by atoms with E-state index in [1.807, 2.05) is 19.1 Å². The number of halogens is 3. The Kier molecular flexibility index (Phi) is 5.14. The van der Waals surface area contributed by atoms with Crippen LogP contribution in [0.5, 0.6) is 5.75 Å². The number of hydrogen-bond donors (Lipinski definition) is 1. The van der Waals surface area contributed by atoms with Crippen LogP contribution in [0, 0.1) is 0 Å². The van der Waals surface area contributed by atoms with E-state index in [4.69, 9.17) is 4.74 Å². The maximum Gasteiger partial charge on any atom is 0.435 e. The molecule has 144 valence electrons. The zero-order chi connectivity index (χ0) is 19.8. The number of rotatable bonds is 5. The Bertz CT molecular complexity index is 961. The van der Waals surface area contributed by atoms with Crippen LogP contribution in [-0.2, 0) is 13.2 Å². The molecule has 2 heterocycles. The van der Waals surface area contributed by atoms with E-state index < -0.39 is 17.8 Å². The predicted octanol–water partition coefficient (Wildman–Crippen LogP) is 4.54. The lowest BCUT2D eigenvalue weighted by Crippen LogP contribution is -2.27. The first-order valence-corrected chi connectivity index (χ1v) is 9.04. The second-order valence-corrected chi connectivity index (χ2v) is 7.04. The highest BCUT2D eigenvalue weighted by Gasteiger charge is 2.37. The average molecular weight is 397 g/mol. The first-order valence-electron chi connectivity index (χ1n) is 8.23. The number of alkyl halides is 3. The van der Waals surface area contributed by atoms with Crippen molar-refractivity contribution in [1.82, 2.24) is 15.1 Å². The molecule has 1 atom stereocenters. The van der Waals surface area contributed by atoms with Crippen LogP contribution < -0.4 is 10.1 Å². The molecule has 0 aliphatic rings. The SMILES string of the molecule is CCC(NC(=O)c1cc2c(C(F)(F)F)nn(C)c2s1)c1ccc(OC)cc1. The van der Waals surface area contributed by atoms with Crippen LogP contribution >= 0.6 is 11.3 Å². The minimum absolute atomic E-state index is 0.0577. The van der Waals surface area contributed by atoms with E-state index in [2.05, 4.69) is 10.4 Å². The van der Waals surface area contributed by atoms with Crippen LogP contribution in [0.3, 0.4) is 0 Å². The Morgan fingerprint density at radius 2 is 2.00 bits per heavy atom. The molecule has 0 aliphatic carbocycles. The van der Waals surface area contributed by atoms with Crippen LogP contribution in [0.2, 0.25) is 0 Å². The summed E-state index contributed by atoms with van der Waals surface area (Å²) in [5.41, 5.74) is -0.0806. The van der Waals surface area contributed by atoms with Gasteiger partial charge >= 0.3 is 6.18 Å². The first kappa shape index (κ1) is 19.2. The highest BCUT2D eigenvalue weighted by molar-refractivity contribution is 7.20. The molecule has 0 radical (unpaired) electrons. The third kappa shape index (κ3) is 3.78. The minimum Gasteiger partial charge on any atom is -0.497 e. The van der Waals surface area contributed by atoms with Gasteiger partial charge in [0.1, 0.15) is 10.6 Å². The van der Waals surface area contributed by atoms with Crippen molar-refractivity contribution >= 4 is 27.5 Å². The van der Waals surface area contributed by atoms with Crippen molar-refractivity contribution in [2.45, 2.75) is 25.6 Å². The van der Waals surface area contributed by atoms with Crippen LogP contribution in [0.25, 0.3) is 10.2 Å². The van der Waals surface area contributed by atoms with Crippen LogP contribution in [-0.4, -0.2) is 22.8 Å². The number of aryl methyl sites for hydroxylation is 1. The Labute approximate surface area is 157 Å². The molecule has 0 saturated heterocycles. The lowest BCUT2D eigenvalue weighted by molar-refractivity contribution is -0.140. The Morgan fingerprint density at radius 3 is 2.56 bits per heavy atom. The molecule has 1 N–H and O–H groups in total. The van der Waals surface area contributed by atoms with Gasteiger partial charge in [-0.15, -0.1) is 11.3 Å². The largest absolute Gasteiger partial charge is 0.497 e. The average Bonchev–Trinajstić information content (AvgIpc) is 3.20. The number of carbonyl (C=O) groups excluding carboxylic acids is 1. The summed E-state index contributed by atoms with van der Waals surface area (Å²) in [4.78, 5) is 13.1. The lowest BCUT2D eigenvalue weighted by Gasteiger charge is -2.17. The number of thiophene rings is 1. The van der Waals surface area contributed by atoms with E-state index in [9.17, 15) is 18.0 Å². The van der Waals surface area contributed by atoms with Crippen molar-refractivity contribution in [3.63, 3.8) is 0 Å². The Hall–Kier alpha value is -2.55. The number of methoxy groups -OCH3 is 1. The van der Waals surface area contributed by atoms with Gasteiger partial charge in [-0.25, -0.2) is 0 Å². The maximum absolute atomic E-state index is 13.1. The number of nitrogens with one attached hydrogen (secondary N) is 1. The van der Waals surface area contributed by atoms with Gasteiger partial charge in [-0.05, 0) is 30.2 Å². The van der Waals surface area contributed by atoms with Crippen LogP contribution in [0.15, 0.2) is 30.3 Å². The smallest absolute Gasteiger partial charge is 0.435 e. The van der Waals surface area contributed by atoms with Gasteiger partial charge in [0.15, 0.2) is 5.69 Å². The van der Waals surface area contributed by atoms with Gasteiger partial charge in [-0.3, -0.25) is 9.48 Å². The van der Waals surface area contributed by atoms with E-state index in [0.29, 0.717) is 17.0 Å². The number of ether oxygens (including phenoxy) is 1. The van der Waals surface area contributed by atoms with Crippen molar-refractivity contribution in [1.29, 1.82) is 0 Å². The molecule has 0 aliphatic heterocycles. The minimum atomic E-state index is -4.57. The molecule has 0 fully saturated rings. The van der Waals surface area contributed by atoms with E-state index in [-0.39, 0.29) is 16.3 Å². The Balaban J connectivity index is 1.86. The molecule has 0 spiro atoms. The van der Waals surface area contributed by atoms with E-state index in [1.165, 1.54) is 13.1 Å². The van der Waals surface area contributed by atoms with Crippen molar-refractivity contribution in [2.24, 2.45) is 7.05 Å². The molecule has 1 amide bonds. The number of fused-ring (bicyclic) bond motifs is 1. The van der Waals surface area contributed by atoms with Gasteiger partial charge < -0.3 is 10.1 Å². The van der Waals surface area contributed by atoms with Gasteiger partial charge in [0.05, 0.1) is 18.0 Å². The fourth-order valence-corrected chi connectivity index (χ4v) is 3.82. The lowest BCUT2D eigenvalue weighted by atomic mass is 10.0. The molecule has 9 heteroatoms. The van der Waals surface area contributed by atoms with Gasteiger partial charge in [0.25, 0.3) is 5.91 Å². The van der Waals surface area contributed by atoms with Gasteiger partial charge in [0, 0.05) is 12.4 Å². The highest BCUT2D eigenvalue weighted by Crippen LogP contribution is 2.37. The zero-order valence-electron chi connectivity index (χ0n) is 14.9. The van der Waals surface area contributed by atoms with E-state index >= 15 is 0 Å². The highest BCUT2D eigenvalue weighted by atomic mass is 32.1. The van der Waals surface area contributed by atoms with Gasteiger partial charge in [0.2, 0.25) is 0 Å². The van der Waals surface area contributed by atoms with Crippen LogP contribution in [0.4, 0.5) is 13.2 Å². The fourth-order valence-electron chi connectivity index (χ4n) is 2.85. The summed E-state index contributed by atoms with van der Waals surface area (Å²) >= 11 is 0.991. The van der Waals surface area contributed by atoms with Crippen LogP contribution in [0.1, 0.15) is 40.3 Å². The fraction of sp³-hybridized carbons (Fsp3) is 0.333. The molecule has 27 heavy (non-hydrogen) atoms. The molecular formula is C18H18F3N3O2S. The molecular weight excluding hydrogens is 379 g/mol. The molecule has 1 aromatic carbocycles. The number of carbonyl (C=O) groups is 1. The summed E-state index contributed by atoms with van der Waals surface area (Å²) in [5.74, 6) is 0.295. The molecule has 1 unspecified atom stereocenters. The van der Waals surface area contributed by atoms with Crippen molar-refractivity contribution in [3.05, 3.63) is 46.5 Å². The summed E-state index contributed by atoms with van der Waals surface area (Å²) in [6.45, 7) is 1.92. The van der Waals surface area contributed by atoms with Crippen molar-refractivity contribution < 1.29 is 22.7 Å². The molecule has 2 aromatic heterocycles. The number of aromatic nitrogens is 2. The first-order chi connectivity index (χ1) is 12.7. The molecule has 3 aromatic rings. The number of hydrogen-bond acceptors (Lipinski definition) is 4. The third-order valence-electron chi connectivity index (χ3n) is 4.24. The normalized spacial score (nSPS) is 13.0. The summed E-state index contributed by atoms with van der Waals surface area (Å²) in [6, 6.07) is 8.30. The zero-order valence-corrected chi connectivity index (χ0v) is 15.7. The predicted molar refractivity (Wildman–Crippen MR) is 97.1 cm³/mol. The molecule has 0 bridgehead atoms. The number of benzene rings is 1. The molecule has 5 nitrogen and oxygen atoms in total.